The lowest BCUT2D eigenvalue weighted by Crippen LogP contribution is -2.15. The van der Waals surface area contributed by atoms with E-state index in [0.717, 1.165) is 23.3 Å². The van der Waals surface area contributed by atoms with Gasteiger partial charge in [0.25, 0.3) is 0 Å². The number of carbonyl (C=O) groups is 1. The lowest BCUT2D eigenvalue weighted by atomic mass is 10.1. The van der Waals surface area contributed by atoms with Crippen LogP contribution in [0.2, 0.25) is 0 Å². The van der Waals surface area contributed by atoms with Crippen LogP contribution < -0.4 is 4.74 Å². The van der Waals surface area contributed by atoms with Gasteiger partial charge < -0.3 is 9.47 Å². The Balaban J connectivity index is 1.72. The first-order valence-electron chi connectivity index (χ1n) is 8.65. The fraction of sp³-hybridized carbons (Fsp3) is 0.318. The van der Waals surface area contributed by atoms with Gasteiger partial charge in [-0.3, -0.25) is 4.79 Å². The van der Waals surface area contributed by atoms with E-state index >= 15 is 0 Å². The van der Waals surface area contributed by atoms with E-state index in [0.29, 0.717) is 19.6 Å². The molecule has 0 N–H and O–H groups in total. The lowest BCUT2D eigenvalue weighted by molar-refractivity contribution is -0.148. The number of hydrogen-bond donors (Lipinski definition) is 0. The van der Waals surface area contributed by atoms with Gasteiger partial charge in [0.2, 0.25) is 0 Å². The third kappa shape index (κ3) is 6.73. The minimum Gasteiger partial charge on any atom is -0.493 e. The molecule has 0 spiro atoms. The number of carbonyl (C=O) groups excluding carboxylic acids is 1. The van der Waals surface area contributed by atoms with Crippen LogP contribution in [0.5, 0.6) is 5.75 Å². The Morgan fingerprint density at radius 3 is 2.24 bits per heavy atom. The number of rotatable bonds is 7. The smallest absolute Gasteiger partial charge is 0.308 e. The van der Waals surface area contributed by atoms with Crippen molar-refractivity contribution in [1.82, 2.24) is 0 Å². The molecule has 0 aliphatic rings. The second-order valence-electron chi connectivity index (χ2n) is 5.82. The average Bonchev–Trinajstić information content (AvgIpc) is 2.67. The molecule has 0 aliphatic heterocycles. The molecule has 0 saturated carbocycles. The van der Waals surface area contributed by atoms with Crippen LogP contribution in [0.25, 0.3) is 0 Å². The van der Waals surface area contributed by atoms with Crippen molar-refractivity contribution in [3.05, 3.63) is 65.7 Å². The van der Waals surface area contributed by atoms with Crippen LogP contribution in [0, 0.1) is 17.8 Å². The zero-order valence-corrected chi connectivity index (χ0v) is 14.8. The maximum absolute atomic E-state index is 11.5. The van der Waals surface area contributed by atoms with E-state index in [-0.39, 0.29) is 11.9 Å². The van der Waals surface area contributed by atoms with E-state index in [9.17, 15) is 4.79 Å². The Labute approximate surface area is 150 Å². The molecule has 0 radical (unpaired) electrons. The first-order valence-corrected chi connectivity index (χ1v) is 8.65. The normalized spacial score (nSPS) is 11.1. The van der Waals surface area contributed by atoms with Gasteiger partial charge in [0, 0.05) is 17.5 Å². The quantitative estimate of drug-likeness (QED) is 0.426. The van der Waals surface area contributed by atoms with Crippen LogP contribution in [0.4, 0.5) is 0 Å². The first-order chi connectivity index (χ1) is 12.2. The molecule has 0 amide bonds. The fourth-order valence-corrected chi connectivity index (χ4v) is 2.03. The van der Waals surface area contributed by atoms with E-state index in [4.69, 9.17) is 9.47 Å². The molecular weight excluding hydrogens is 312 g/mol. The molecule has 1 unspecified atom stereocenters. The van der Waals surface area contributed by atoms with Crippen LogP contribution in [-0.4, -0.2) is 19.2 Å². The molecule has 2 aromatic rings. The van der Waals surface area contributed by atoms with Gasteiger partial charge in [-0.1, -0.05) is 43.9 Å². The van der Waals surface area contributed by atoms with Crippen molar-refractivity contribution in [1.29, 1.82) is 0 Å². The summed E-state index contributed by atoms with van der Waals surface area (Å²) < 4.78 is 10.8. The average molecular weight is 336 g/mol. The topological polar surface area (TPSA) is 35.5 Å². The molecule has 3 heteroatoms. The van der Waals surface area contributed by atoms with Crippen LogP contribution >= 0.6 is 0 Å². The number of benzene rings is 2. The predicted molar refractivity (Wildman–Crippen MR) is 99.4 cm³/mol. The Morgan fingerprint density at radius 2 is 1.60 bits per heavy atom. The van der Waals surface area contributed by atoms with Gasteiger partial charge in [-0.15, -0.1) is 0 Å². The van der Waals surface area contributed by atoms with Gasteiger partial charge in [-0.25, -0.2) is 0 Å². The van der Waals surface area contributed by atoms with Crippen LogP contribution in [0.15, 0.2) is 54.6 Å². The summed E-state index contributed by atoms with van der Waals surface area (Å²) in [4.78, 5) is 11.5. The van der Waals surface area contributed by atoms with Crippen molar-refractivity contribution in [2.24, 2.45) is 5.92 Å². The summed E-state index contributed by atoms with van der Waals surface area (Å²) in [5.41, 5.74) is 1.94. The number of esters is 1. The van der Waals surface area contributed by atoms with Crippen molar-refractivity contribution in [3.8, 4) is 17.6 Å². The Morgan fingerprint density at radius 1 is 0.960 bits per heavy atom. The van der Waals surface area contributed by atoms with E-state index in [1.165, 1.54) is 0 Å². The van der Waals surface area contributed by atoms with Gasteiger partial charge in [-0.2, -0.15) is 0 Å². The summed E-state index contributed by atoms with van der Waals surface area (Å²) in [6, 6.07) is 17.6. The van der Waals surface area contributed by atoms with Crippen molar-refractivity contribution in [2.75, 3.05) is 13.2 Å². The molecule has 0 heterocycles. The second-order valence-corrected chi connectivity index (χ2v) is 5.82. The minimum absolute atomic E-state index is 0.0366. The highest BCUT2D eigenvalue weighted by atomic mass is 16.5. The van der Waals surface area contributed by atoms with Gasteiger partial charge in [0.05, 0.1) is 19.1 Å². The molecule has 2 aromatic carbocycles. The molecular formula is C22H24O3. The Bertz CT molecular complexity index is 708. The monoisotopic (exact) mass is 336 g/mol. The van der Waals surface area contributed by atoms with Gasteiger partial charge in [-0.05, 0) is 42.8 Å². The van der Waals surface area contributed by atoms with E-state index < -0.39 is 0 Å². The standard InChI is InChI=1S/C22H24O3/c1-3-18(2)22(23)25-17-7-16-24-21-14-12-20(13-15-21)11-10-19-8-5-4-6-9-19/h4-6,8-9,12-15,18H,3,7,16-17H2,1-2H3. The maximum atomic E-state index is 11.5. The molecule has 25 heavy (non-hydrogen) atoms. The molecule has 130 valence electrons. The van der Waals surface area contributed by atoms with Crippen molar-refractivity contribution >= 4 is 5.97 Å². The van der Waals surface area contributed by atoms with Crippen molar-refractivity contribution in [3.63, 3.8) is 0 Å². The minimum atomic E-state index is -0.135. The zero-order chi connectivity index (χ0) is 17.9. The molecule has 0 bridgehead atoms. The maximum Gasteiger partial charge on any atom is 0.308 e. The number of hydrogen-bond acceptors (Lipinski definition) is 3. The molecule has 0 aromatic heterocycles. The van der Waals surface area contributed by atoms with E-state index in [1.54, 1.807) is 0 Å². The number of ether oxygens (including phenoxy) is 2. The third-order valence-corrected chi connectivity index (χ3v) is 3.80. The van der Waals surface area contributed by atoms with Crippen LogP contribution in [0.3, 0.4) is 0 Å². The summed E-state index contributed by atoms with van der Waals surface area (Å²) in [6.45, 7) is 4.76. The van der Waals surface area contributed by atoms with Gasteiger partial charge in [0.15, 0.2) is 0 Å². The molecule has 0 saturated heterocycles. The van der Waals surface area contributed by atoms with Crippen LogP contribution in [0.1, 0.15) is 37.8 Å². The molecule has 2 rings (SSSR count). The summed E-state index contributed by atoms with van der Waals surface area (Å²) in [5.74, 6) is 6.87. The highest BCUT2D eigenvalue weighted by Gasteiger charge is 2.11. The largest absolute Gasteiger partial charge is 0.493 e. The summed E-state index contributed by atoms with van der Waals surface area (Å²) in [6.07, 6.45) is 1.48. The van der Waals surface area contributed by atoms with Crippen molar-refractivity contribution < 1.29 is 14.3 Å². The third-order valence-electron chi connectivity index (χ3n) is 3.80. The Hall–Kier alpha value is -2.73. The van der Waals surface area contributed by atoms with Crippen LogP contribution in [-0.2, 0) is 9.53 Å². The fourth-order valence-electron chi connectivity index (χ4n) is 2.03. The Kier molecular flexibility index (Phi) is 7.59. The molecule has 0 fully saturated rings. The van der Waals surface area contributed by atoms with Gasteiger partial charge >= 0.3 is 5.97 Å². The molecule has 0 aliphatic carbocycles. The summed E-state index contributed by atoms with van der Waals surface area (Å²) in [5, 5.41) is 0. The predicted octanol–water partition coefficient (Wildman–Crippen LogP) is 4.44. The highest BCUT2D eigenvalue weighted by Crippen LogP contribution is 2.12. The summed E-state index contributed by atoms with van der Waals surface area (Å²) in [7, 11) is 0. The second kappa shape index (κ2) is 10.2. The van der Waals surface area contributed by atoms with E-state index in [2.05, 4.69) is 11.8 Å². The first kappa shape index (κ1) is 18.6. The highest BCUT2D eigenvalue weighted by molar-refractivity contribution is 5.71. The van der Waals surface area contributed by atoms with Gasteiger partial charge in [0.1, 0.15) is 5.75 Å². The summed E-state index contributed by atoms with van der Waals surface area (Å²) >= 11 is 0. The van der Waals surface area contributed by atoms with E-state index in [1.807, 2.05) is 68.4 Å². The lowest BCUT2D eigenvalue weighted by Gasteiger charge is -2.10. The molecule has 3 nitrogen and oxygen atoms in total. The molecule has 1 atom stereocenters. The zero-order valence-electron chi connectivity index (χ0n) is 14.8. The SMILES string of the molecule is CCC(C)C(=O)OCCCOc1ccc(C#Cc2ccccc2)cc1. The van der Waals surface area contributed by atoms with Crippen molar-refractivity contribution in [2.45, 2.75) is 26.7 Å².